The molecule has 4 nitrogen and oxygen atoms in total. The summed E-state index contributed by atoms with van der Waals surface area (Å²) in [5.74, 6) is -0.717. The molecule has 0 unspecified atom stereocenters. The van der Waals surface area contributed by atoms with E-state index in [2.05, 4.69) is 0 Å². The highest BCUT2D eigenvalue weighted by atomic mass is 35.5. The van der Waals surface area contributed by atoms with Crippen molar-refractivity contribution in [1.29, 1.82) is 5.26 Å². The second kappa shape index (κ2) is 7.55. The van der Waals surface area contributed by atoms with Crippen molar-refractivity contribution in [3.8, 4) is 6.07 Å². The molecule has 1 aromatic carbocycles. The van der Waals surface area contributed by atoms with Crippen LogP contribution >= 0.6 is 11.6 Å². The van der Waals surface area contributed by atoms with Gasteiger partial charge in [-0.05, 0) is 24.1 Å². The van der Waals surface area contributed by atoms with E-state index in [4.69, 9.17) is 21.6 Å². The Hall–Kier alpha value is -1.86. The normalized spacial score (nSPS) is 9.74. The molecule has 0 aliphatic rings. The number of rotatable bonds is 6. The van der Waals surface area contributed by atoms with Crippen LogP contribution in [0.1, 0.15) is 28.4 Å². The molecule has 0 N–H and O–H groups in total. The number of nitriles is 1. The van der Waals surface area contributed by atoms with Gasteiger partial charge >= 0.3 is 5.97 Å². The molecular formula is C14H14ClNO3. The van der Waals surface area contributed by atoms with Crippen molar-refractivity contribution >= 4 is 23.4 Å². The molecule has 0 aliphatic heterocycles. The number of hydrogen-bond donors (Lipinski definition) is 0. The van der Waals surface area contributed by atoms with Crippen LogP contribution < -0.4 is 0 Å². The predicted molar refractivity (Wildman–Crippen MR) is 71.1 cm³/mol. The van der Waals surface area contributed by atoms with E-state index in [9.17, 15) is 9.59 Å². The zero-order chi connectivity index (χ0) is 14.3. The molecule has 1 rings (SSSR count). The Balaban J connectivity index is 3.17. The SMILES string of the molecule is CCOC(=O)c1cccc(CC(=O)CCl)c1CC#N. The third-order valence-electron chi connectivity index (χ3n) is 2.56. The number of benzene rings is 1. The maximum absolute atomic E-state index is 11.8. The second-order valence-corrected chi connectivity index (χ2v) is 4.11. The van der Waals surface area contributed by atoms with Crippen LogP contribution in [-0.2, 0) is 22.4 Å². The minimum Gasteiger partial charge on any atom is -0.462 e. The number of halogens is 1. The lowest BCUT2D eigenvalue weighted by atomic mass is 9.95. The van der Waals surface area contributed by atoms with Crippen molar-refractivity contribution in [3.63, 3.8) is 0 Å². The molecule has 0 heterocycles. The van der Waals surface area contributed by atoms with Crippen LogP contribution in [0.3, 0.4) is 0 Å². The van der Waals surface area contributed by atoms with E-state index < -0.39 is 5.97 Å². The first-order valence-corrected chi connectivity index (χ1v) is 6.40. The topological polar surface area (TPSA) is 67.2 Å². The van der Waals surface area contributed by atoms with Gasteiger partial charge in [-0.1, -0.05) is 12.1 Å². The predicted octanol–water partition coefficient (Wildman–Crippen LogP) is 2.28. The summed E-state index contributed by atoms with van der Waals surface area (Å²) < 4.78 is 4.94. The minimum absolute atomic E-state index is 0.0554. The zero-order valence-corrected chi connectivity index (χ0v) is 11.4. The molecule has 19 heavy (non-hydrogen) atoms. The average molecular weight is 280 g/mol. The fraction of sp³-hybridized carbons (Fsp3) is 0.357. The van der Waals surface area contributed by atoms with Gasteiger partial charge in [0, 0.05) is 6.42 Å². The van der Waals surface area contributed by atoms with E-state index in [1.165, 1.54) is 0 Å². The largest absolute Gasteiger partial charge is 0.462 e. The van der Waals surface area contributed by atoms with E-state index >= 15 is 0 Å². The summed E-state index contributed by atoms with van der Waals surface area (Å²) in [6, 6.07) is 6.99. The third-order valence-corrected chi connectivity index (χ3v) is 2.86. The number of Topliss-reactive ketones (excluding diaryl/α,β-unsaturated/α-hetero) is 1. The lowest BCUT2D eigenvalue weighted by Crippen LogP contribution is -2.12. The van der Waals surface area contributed by atoms with E-state index in [0.717, 1.165) is 0 Å². The smallest absolute Gasteiger partial charge is 0.338 e. The Kier molecular flexibility index (Phi) is 6.04. The number of nitrogens with zero attached hydrogens (tertiary/aromatic N) is 1. The first-order valence-electron chi connectivity index (χ1n) is 5.86. The maximum Gasteiger partial charge on any atom is 0.338 e. The summed E-state index contributed by atoms with van der Waals surface area (Å²) in [7, 11) is 0. The van der Waals surface area contributed by atoms with Crippen LogP contribution in [0.15, 0.2) is 18.2 Å². The molecule has 100 valence electrons. The highest BCUT2D eigenvalue weighted by Gasteiger charge is 2.16. The van der Waals surface area contributed by atoms with Crippen molar-refractivity contribution in [2.24, 2.45) is 0 Å². The first kappa shape index (κ1) is 15.2. The summed E-state index contributed by atoms with van der Waals surface area (Å²) in [6.07, 6.45) is 0.174. The average Bonchev–Trinajstić information content (AvgIpc) is 2.41. The molecule has 0 saturated heterocycles. The molecule has 0 spiro atoms. The molecule has 5 heteroatoms. The van der Waals surface area contributed by atoms with E-state index in [0.29, 0.717) is 16.7 Å². The molecule has 0 aliphatic carbocycles. The molecule has 1 aromatic rings. The Morgan fingerprint density at radius 2 is 2.16 bits per heavy atom. The van der Waals surface area contributed by atoms with Crippen LogP contribution in [0.4, 0.5) is 0 Å². The van der Waals surface area contributed by atoms with Gasteiger partial charge in [0.15, 0.2) is 5.78 Å². The van der Waals surface area contributed by atoms with Gasteiger partial charge in [-0.2, -0.15) is 5.26 Å². The molecule has 0 atom stereocenters. The van der Waals surface area contributed by atoms with Crippen LogP contribution in [0.2, 0.25) is 0 Å². The summed E-state index contributed by atoms with van der Waals surface area (Å²) in [5, 5.41) is 8.86. The minimum atomic E-state index is -0.479. The van der Waals surface area contributed by atoms with Crippen LogP contribution in [0, 0.1) is 11.3 Å². The van der Waals surface area contributed by atoms with Gasteiger partial charge in [0.2, 0.25) is 0 Å². The van der Waals surface area contributed by atoms with Gasteiger partial charge in [-0.15, -0.1) is 11.6 Å². The van der Waals surface area contributed by atoms with Gasteiger partial charge in [0.05, 0.1) is 30.5 Å². The number of esters is 1. The highest BCUT2D eigenvalue weighted by molar-refractivity contribution is 6.27. The number of alkyl halides is 1. The second-order valence-electron chi connectivity index (χ2n) is 3.85. The Morgan fingerprint density at radius 1 is 1.42 bits per heavy atom. The molecule has 0 aromatic heterocycles. The Morgan fingerprint density at radius 3 is 2.74 bits per heavy atom. The molecule has 0 radical (unpaired) electrons. The van der Waals surface area contributed by atoms with Crippen LogP contribution in [0.5, 0.6) is 0 Å². The number of ketones is 1. The summed E-state index contributed by atoms with van der Waals surface area (Å²) in [6.45, 7) is 1.97. The van der Waals surface area contributed by atoms with Crippen molar-refractivity contribution in [3.05, 3.63) is 34.9 Å². The standard InChI is InChI=1S/C14H14ClNO3/c1-2-19-14(18)13-5-3-4-10(8-11(17)9-15)12(13)6-7-16/h3-5H,2,6,8-9H2,1H3. The van der Waals surface area contributed by atoms with Gasteiger partial charge in [0.25, 0.3) is 0 Å². The summed E-state index contributed by atoms with van der Waals surface area (Å²) in [4.78, 5) is 23.2. The fourth-order valence-corrected chi connectivity index (χ4v) is 1.84. The fourth-order valence-electron chi connectivity index (χ4n) is 1.75. The number of carbonyl (C=O) groups is 2. The third kappa shape index (κ3) is 4.08. The highest BCUT2D eigenvalue weighted by Crippen LogP contribution is 2.18. The van der Waals surface area contributed by atoms with Gasteiger partial charge < -0.3 is 4.74 Å². The number of hydrogen-bond acceptors (Lipinski definition) is 4. The lowest BCUT2D eigenvalue weighted by molar-refractivity contribution is -0.116. The van der Waals surface area contributed by atoms with Crippen molar-refractivity contribution < 1.29 is 14.3 Å². The van der Waals surface area contributed by atoms with Gasteiger partial charge in [-0.25, -0.2) is 4.79 Å². The molecule has 0 amide bonds. The Labute approximate surface area is 116 Å². The summed E-state index contributed by atoms with van der Waals surface area (Å²) >= 11 is 5.48. The van der Waals surface area contributed by atoms with Crippen molar-refractivity contribution in [2.75, 3.05) is 12.5 Å². The van der Waals surface area contributed by atoms with E-state index in [-0.39, 0.29) is 31.1 Å². The molecular weight excluding hydrogens is 266 g/mol. The Bertz CT molecular complexity index is 520. The first-order chi connectivity index (χ1) is 9.13. The van der Waals surface area contributed by atoms with Gasteiger partial charge in [0.1, 0.15) is 0 Å². The van der Waals surface area contributed by atoms with Crippen LogP contribution in [-0.4, -0.2) is 24.2 Å². The number of carbonyl (C=O) groups excluding carboxylic acids is 2. The monoisotopic (exact) mass is 279 g/mol. The van der Waals surface area contributed by atoms with Crippen molar-refractivity contribution in [1.82, 2.24) is 0 Å². The van der Waals surface area contributed by atoms with Crippen LogP contribution in [0.25, 0.3) is 0 Å². The maximum atomic E-state index is 11.8. The van der Waals surface area contributed by atoms with Crippen molar-refractivity contribution in [2.45, 2.75) is 19.8 Å². The molecule has 0 saturated carbocycles. The quantitative estimate of drug-likeness (QED) is 0.592. The summed E-state index contributed by atoms with van der Waals surface area (Å²) in [5.41, 5.74) is 1.53. The number of ether oxygens (including phenoxy) is 1. The molecule has 0 fully saturated rings. The molecule has 0 bridgehead atoms. The van der Waals surface area contributed by atoms with Gasteiger partial charge in [-0.3, -0.25) is 4.79 Å². The zero-order valence-electron chi connectivity index (χ0n) is 10.6. The van der Waals surface area contributed by atoms with E-state index in [1.807, 2.05) is 6.07 Å². The van der Waals surface area contributed by atoms with E-state index in [1.54, 1.807) is 25.1 Å². The lowest BCUT2D eigenvalue weighted by Gasteiger charge is -2.11.